The number of carboxylic acids is 1. The zero-order valence-corrected chi connectivity index (χ0v) is 11.9. The minimum atomic E-state index is -0.796. The van der Waals surface area contributed by atoms with Gasteiger partial charge in [-0.15, -0.1) is 0 Å². The number of hydrogen-bond donors (Lipinski definition) is 4. The van der Waals surface area contributed by atoms with Crippen LogP contribution in [-0.4, -0.2) is 34.7 Å². The molecule has 0 aliphatic rings. The molecule has 1 aromatic rings. The molecule has 1 aromatic carbocycles. The van der Waals surface area contributed by atoms with E-state index in [9.17, 15) is 14.7 Å². The molecule has 0 spiro atoms. The number of rotatable bonds is 9. The second-order valence-corrected chi connectivity index (χ2v) is 4.97. The van der Waals surface area contributed by atoms with Gasteiger partial charge >= 0.3 is 5.97 Å². The fraction of sp³-hybridized carbons (Fsp3) is 0.467. The Morgan fingerprint density at radius 3 is 2.43 bits per heavy atom. The van der Waals surface area contributed by atoms with Crippen LogP contribution in [0, 0.1) is 0 Å². The third kappa shape index (κ3) is 7.31. The van der Waals surface area contributed by atoms with Crippen molar-refractivity contribution in [3.63, 3.8) is 0 Å². The number of unbranched alkanes of at least 4 members (excludes halogenated alkanes) is 2. The Labute approximate surface area is 124 Å². The van der Waals surface area contributed by atoms with E-state index in [0.29, 0.717) is 19.4 Å². The summed E-state index contributed by atoms with van der Waals surface area (Å²) in [5.74, 6) is -0.839. The maximum atomic E-state index is 11.8. The first-order valence-corrected chi connectivity index (χ1v) is 7.02. The Balaban J connectivity index is 2.19. The van der Waals surface area contributed by atoms with Crippen LogP contribution in [0.25, 0.3) is 0 Å². The van der Waals surface area contributed by atoms with Gasteiger partial charge in [0.15, 0.2) is 0 Å². The van der Waals surface area contributed by atoms with E-state index >= 15 is 0 Å². The minimum Gasteiger partial charge on any atom is -0.508 e. The summed E-state index contributed by atoms with van der Waals surface area (Å²) < 4.78 is 0. The van der Waals surface area contributed by atoms with Crippen LogP contribution in [0.5, 0.6) is 5.75 Å². The van der Waals surface area contributed by atoms with E-state index in [0.717, 1.165) is 18.4 Å². The smallest absolute Gasteiger partial charge is 0.303 e. The standard InChI is InChI=1S/C15H22N2O4/c16-13(10-11-5-7-12(18)8-6-11)15(21)17-9-3-1-2-4-14(19)20/h5-8,13,18H,1-4,9-10,16H2,(H,17,21)(H,19,20)/t13-/m0/s1. The van der Waals surface area contributed by atoms with Gasteiger partial charge in [-0.25, -0.2) is 0 Å². The number of hydrogen-bond acceptors (Lipinski definition) is 4. The van der Waals surface area contributed by atoms with Gasteiger partial charge in [-0.05, 0) is 37.0 Å². The second kappa shape index (κ2) is 8.97. The molecule has 0 heterocycles. The summed E-state index contributed by atoms with van der Waals surface area (Å²) in [7, 11) is 0. The van der Waals surface area contributed by atoms with E-state index < -0.39 is 12.0 Å². The van der Waals surface area contributed by atoms with E-state index in [2.05, 4.69) is 5.32 Å². The van der Waals surface area contributed by atoms with Gasteiger partial charge in [0.2, 0.25) is 5.91 Å². The van der Waals surface area contributed by atoms with Crippen molar-refractivity contribution < 1.29 is 19.8 Å². The summed E-state index contributed by atoms with van der Waals surface area (Å²) in [6, 6.07) is 5.95. The number of nitrogens with one attached hydrogen (secondary N) is 1. The van der Waals surface area contributed by atoms with Gasteiger partial charge in [-0.1, -0.05) is 18.6 Å². The Morgan fingerprint density at radius 1 is 1.14 bits per heavy atom. The lowest BCUT2D eigenvalue weighted by molar-refractivity contribution is -0.137. The number of carboxylic acid groups (broad SMARTS) is 1. The van der Waals surface area contributed by atoms with Crippen molar-refractivity contribution in [3.8, 4) is 5.75 Å². The van der Waals surface area contributed by atoms with Crippen molar-refractivity contribution in [2.75, 3.05) is 6.54 Å². The van der Waals surface area contributed by atoms with E-state index in [1.165, 1.54) is 0 Å². The van der Waals surface area contributed by atoms with Gasteiger partial charge in [-0.2, -0.15) is 0 Å². The van der Waals surface area contributed by atoms with Crippen molar-refractivity contribution in [1.29, 1.82) is 0 Å². The van der Waals surface area contributed by atoms with Crippen LogP contribution in [0.1, 0.15) is 31.2 Å². The molecular weight excluding hydrogens is 272 g/mol. The maximum Gasteiger partial charge on any atom is 0.303 e. The van der Waals surface area contributed by atoms with Gasteiger partial charge in [-0.3, -0.25) is 9.59 Å². The molecule has 0 radical (unpaired) electrons. The van der Waals surface area contributed by atoms with Gasteiger partial charge in [0.05, 0.1) is 6.04 Å². The first-order chi connectivity index (χ1) is 9.99. The number of carbonyl (C=O) groups excluding carboxylic acids is 1. The molecule has 0 aliphatic carbocycles. The minimum absolute atomic E-state index is 0.161. The number of aromatic hydroxyl groups is 1. The Morgan fingerprint density at radius 2 is 1.81 bits per heavy atom. The van der Waals surface area contributed by atoms with Crippen molar-refractivity contribution >= 4 is 11.9 Å². The van der Waals surface area contributed by atoms with E-state index in [1.807, 2.05) is 0 Å². The van der Waals surface area contributed by atoms with E-state index in [4.69, 9.17) is 10.8 Å². The number of nitrogens with two attached hydrogens (primary N) is 1. The normalized spacial score (nSPS) is 11.9. The summed E-state index contributed by atoms with van der Waals surface area (Å²) in [6.07, 6.45) is 2.69. The summed E-state index contributed by atoms with van der Waals surface area (Å²) in [6.45, 7) is 0.502. The number of aliphatic carboxylic acids is 1. The Bertz CT molecular complexity index is 459. The lowest BCUT2D eigenvalue weighted by atomic mass is 10.1. The Hall–Kier alpha value is -2.08. The molecule has 0 saturated carbocycles. The third-order valence-corrected chi connectivity index (χ3v) is 3.10. The molecule has 1 atom stereocenters. The van der Waals surface area contributed by atoms with Gasteiger partial charge < -0.3 is 21.3 Å². The molecule has 0 saturated heterocycles. The molecule has 116 valence electrons. The van der Waals surface area contributed by atoms with Crippen LogP contribution in [0.15, 0.2) is 24.3 Å². The fourth-order valence-corrected chi connectivity index (χ4v) is 1.90. The molecule has 6 nitrogen and oxygen atoms in total. The molecule has 0 unspecified atom stereocenters. The average Bonchev–Trinajstić information content (AvgIpc) is 2.44. The zero-order valence-electron chi connectivity index (χ0n) is 11.9. The molecule has 0 aliphatic heterocycles. The van der Waals surface area contributed by atoms with E-state index in [1.54, 1.807) is 24.3 Å². The highest BCUT2D eigenvalue weighted by molar-refractivity contribution is 5.81. The summed E-state index contributed by atoms with van der Waals surface area (Å²) in [5, 5.41) is 20.4. The van der Waals surface area contributed by atoms with Crippen molar-refractivity contribution in [3.05, 3.63) is 29.8 Å². The summed E-state index contributed by atoms with van der Waals surface area (Å²) >= 11 is 0. The number of carbonyl (C=O) groups is 2. The van der Waals surface area contributed by atoms with Gasteiger partial charge in [0, 0.05) is 13.0 Å². The van der Waals surface area contributed by atoms with E-state index in [-0.39, 0.29) is 18.1 Å². The predicted molar refractivity (Wildman–Crippen MR) is 78.9 cm³/mol. The molecule has 6 heteroatoms. The average molecular weight is 294 g/mol. The van der Waals surface area contributed by atoms with Crippen LogP contribution in [0.4, 0.5) is 0 Å². The molecule has 5 N–H and O–H groups in total. The maximum absolute atomic E-state index is 11.8. The number of phenolic OH excluding ortho intramolecular Hbond substituents is 1. The summed E-state index contributed by atoms with van der Waals surface area (Å²) in [4.78, 5) is 22.1. The van der Waals surface area contributed by atoms with Crippen LogP contribution < -0.4 is 11.1 Å². The molecule has 0 bridgehead atoms. The number of amides is 1. The van der Waals surface area contributed by atoms with Crippen molar-refractivity contribution in [2.45, 2.75) is 38.1 Å². The zero-order chi connectivity index (χ0) is 15.7. The van der Waals surface area contributed by atoms with Crippen molar-refractivity contribution in [2.24, 2.45) is 5.73 Å². The SMILES string of the molecule is N[C@@H](Cc1ccc(O)cc1)C(=O)NCCCCCC(=O)O. The van der Waals surface area contributed by atoms with Crippen LogP contribution in [-0.2, 0) is 16.0 Å². The molecule has 1 rings (SSSR count). The van der Waals surface area contributed by atoms with Gasteiger partial charge in [0.25, 0.3) is 0 Å². The van der Waals surface area contributed by atoms with Gasteiger partial charge in [0.1, 0.15) is 5.75 Å². The Kier molecular flexibility index (Phi) is 7.25. The first-order valence-electron chi connectivity index (χ1n) is 7.02. The van der Waals surface area contributed by atoms with Crippen LogP contribution >= 0.6 is 0 Å². The summed E-state index contributed by atoms with van der Waals surface area (Å²) in [5.41, 5.74) is 6.70. The monoisotopic (exact) mass is 294 g/mol. The molecule has 0 fully saturated rings. The quantitative estimate of drug-likeness (QED) is 0.508. The first kappa shape index (κ1) is 17.0. The number of phenols is 1. The van der Waals surface area contributed by atoms with Crippen LogP contribution in [0.3, 0.4) is 0 Å². The second-order valence-electron chi connectivity index (χ2n) is 4.97. The van der Waals surface area contributed by atoms with Crippen LogP contribution in [0.2, 0.25) is 0 Å². The fourth-order valence-electron chi connectivity index (χ4n) is 1.90. The predicted octanol–water partition coefficient (Wildman–Crippen LogP) is 1.02. The molecule has 21 heavy (non-hydrogen) atoms. The lowest BCUT2D eigenvalue weighted by Crippen LogP contribution is -2.42. The highest BCUT2D eigenvalue weighted by Gasteiger charge is 2.13. The highest BCUT2D eigenvalue weighted by Crippen LogP contribution is 2.10. The topological polar surface area (TPSA) is 113 Å². The molecular formula is C15H22N2O4. The largest absolute Gasteiger partial charge is 0.508 e. The highest BCUT2D eigenvalue weighted by atomic mass is 16.4. The molecule has 1 amide bonds. The van der Waals surface area contributed by atoms with Crippen molar-refractivity contribution in [1.82, 2.24) is 5.32 Å². The third-order valence-electron chi connectivity index (χ3n) is 3.10. The lowest BCUT2D eigenvalue weighted by Gasteiger charge is -2.12. The number of benzene rings is 1. The molecule has 0 aromatic heterocycles.